The highest BCUT2D eigenvalue weighted by Crippen LogP contribution is 2.18. The van der Waals surface area contributed by atoms with E-state index in [1.165, 1.54) is 5.56 Å². The molecular formula is C16H15N3. The zero-order chi connectivity index (χ0) is 13.2. The lowest BCUT2D eigenvalue weighted by Crippen LogP contribution is -2.13. The van der Waals surface area contributed by atoms with E-state index < -0.39 is 0 Å². The smallest absolute Gasteiger partial charge is 0.158 e. The van der Waals surface area contributed by atoms with Gasteiger partial charge in [0.1, 0.15) is 6.33 Å². The molecule has 3 nitrogen and oxygen atoms in total. The lowest BCUT2D eigenvalue weighted by Gasteiger charge is -2.12. The van der Waals surface area contributed by atoms with Gasteiger partial charge in [0.25, 0.3) is 0 Å². The summed E-state index contributed by atoms with van der Waals surface area (Å²) in [5.41, 5.74) is 4.27. The van der Waals surface area contributed by atoms with E-state index in [0.29, 0.717) is 0 Å². The molecule has 0 spiro atoms. The monoisotopic (exact) mass is 249 g/mol. The van der Waals surface area contributed by atoms with E-state index in [9.17, 15) is 0 Å². The average molecular weight is 249 g/mol. The van der Waals surface area contributed by atoms with Gasteiger partial charge in [-0.1, -0.05) is 30.3 Å². The molecule has 0 amide bonds. The highest BCUT2D eigenvalue weighted by atomic mass is 15.0. The first-order chi connectivity index (χ1) is 9.31. The highest BCUT2D eigenvalue weighted by Gasteiger charge is 2.05. The van der Waals surface area contributed by atoms with Gasteiger partial charge in [-0.05, 0) is 30.7 Å². The average Bonchev–Trinajstić information content (AvgIpc) is 2.47. The molecule has 94 valence electrons. The summed E-state index contributed by atoms with van der Waals surface area (Å²) in [6, 6.07) is 16.5. The van der Waals surface area contributed by atoms with Crippen molar-refractivity contribution in [2.45, 2.75) is 6.92 Å². The normalized spacial score (nSPS) is 12.0. The first-order valence-electron chi connectivity index (χ1n) is 6.26. The fraction of sp³-hybridized carbons (Fsp3) is 0.125. The van der Waals surface area contributed by atoms with Crippen molar-refractivity contribution in [1.29, 1.82) is 0 Å². The third-order valence-corrected chi connectivity index (χ3v) is 3.29. The minimum atomic E-state index is 0.778. The summed E-state index contributed by atoms with van der Waals surface area (Å²) in [6.07, 6.45) is 1.84. The van der Waals surface area contributed by atoms with Crippen molar-refractivity contribution in [3.05, 3.63) is 65.9 Å². The van der Waals surface area contributed by atoms with E-state index in [4.69, 9.17) is 0 Å². The number of para-hydroxylation sites is 2. The number of benzene rings is 2. The molecule has 0 unspecified atom stereocenters. The van der Waals surface area contributed by atoms with Gasteiger partial charge in [-0.15, -0.1) is 0 Å². The Balaban J connectivity index is 2.42. The van der Waals surface area contributed by atoms with Gasteiger partial charge in [-0.2, -0.15) is 0 Å². The molecule has 3 rings (SSSR count). The Morgan fingerprint density at radius 2 is 1.74 bits per heavy atom. The second kappa shape index (κ2) is 4.69. The van der Waals surface area contributed by atoms with Gasteiger partial charge >= 0.3 is 0 Å². The Kier molecular flexibility index (Phi) is 2.88. The molecule has 0 aliphatic heterocycles. The van der Waals surface area contributed by atoms with Crippen LogP contribution in [0.3, 0.4) is 0 Å². The fourth-order valence-electron chi connectivity index (χ4n) is 2.32. The summed E-state index contributed by atoms with van der Waals surface area (Å²) in [5, 5.41) is 1.07. The van der Waals surface area contributed by atoms with Crippen molar-refractivity contribution >= 4 is 10.9 Å². The maximum Gasteiger partial charge on any atom is 0.158 e. The van der Waals surface area contributed by atoms with Crippen LogP contribution in [0.1, 0.15) is 5.56 Å². The summed E-state index contributed by atoms with van der Waals surface area (Å²) in [7, 11) is 1.77. The van der Waals surface area contributed by atoms with Gasteiger partial charge in [0.05, 0.1) is 5.52 Å². The van der Waals surface area contributed by atoms with Crippen LogP contribution in [0.4, 0.5) is 0 Å². The van der Waals surface area contributed by atoms with Crippen molar-refractivity contribution in [3.8, 4) is 5.69 Å². The van der Waals surface area contributed by atoms with Crippen LogP contribution < -0.4 is 5.49 Å². The van der Waals surface area contributed by atoms with Crippen molar-refractivity contribution in [2.75, 3.05) is 7.05 Å². The SMILES string of the molecule is CN=c1ncn(-c2ccccc2C)c2ccccc12. The van der Waals surface area contributed by atoms with Crippen molar-refractivity contribution in [1.82, 2.24) is 9.55 Å². The van der Waals surface area contributed by atoms with Crippen LogP contribution in [0.25, 0.3) is 16.6 Å². The van der Waals surface area contributed by atoms with Crippen LogP contribution in [-0.4, -0.2) is 16.6 Å². The number of fused-ring (bicyclic) bond motifs is 1. The van der Waals surface area contributed by atoms with Crippen molar-refractivity contribution in [2.24, 2.45) is 4.99 Å². The molecule has 1 aromatic heterocycles. The third kappa shape index (κ3) is 1.93. The van der Waals surface area contributed by atoms with E-state index in [0.717, 1.165) is 22.1 Å². The summed E-state index contributed by atoms with van der Waals surface area (Å²) in [4.78, 5) is 8.67. The molecule has 3 heteroatoms. The summed E-state index contributed by atoms with van der Waals surface area (Å²) < 4.78 is 2.11. The Hall–Kier alpha value is -2.42. The third-order valence-electron chi connectivity index (χ3n) is 3.29. The van der Waals surface area contributed by atoms with Gasteiger partial charge in [-0.3, -0.25) is 9.56 Å². The van der Waals surface area contributed by atoms with E-state index in [-0.39, 0.29) is 0 Å². The molecule has 0 N–H and O–H groups in total. The van der Waals surface area contributed by atoms with Crippen LogP contribution in [0.5, 0.6) is 0 Å². The molecule has 0 atom stereocenters. The summed E-state index contributed by atoms with van der Waals surface area (Å²) >= 11 is 0. The molecular weight excluding hydrogens is 234 g/mol. The molecule has 0 aliphatic rings. The number of nitrogens with zero attached hydrogens (tertiary/aromatic N) is 3. The zero-order valence-electron chi connectivity index (χ0n) is 11.0. The molecule has 19 heavy (non-hydrogen) atoms. The Morgan fingerprint density at radius 1 is 1.00 bits per heavy atom. The number of aromatic nitrogens is 2. The minimum absolute atomic E-state index is 0.778. The molecule has 0 aliphatic carbocycles. The molecule has 0 bridgehead atoms. The summed E-state index contributed by atoms with van der Waals surface area (Å²) in [5.74, 6) is 0. The molecule has 0 saturated carbocycles. The number of rotatable bonds is 1. The van der Waals surface area contributed by atoms with Gasteiger partial charge < -0.3 is 0 Å². The standard InChI is InChI=1S/C16H15N3/c1-12-7-3-5-9-14(12)19-11-18-16(17-2)13-8-4-6-10-15(13)19/h3-11H,1-2H3. The second-order valence-corrected chi connectivity index (χ2v) is 4.47. The maximum absolute atomic E-state index is 4.44. The predicted molar refractivity (Wildman–Crippen MR) is 77.3 cm³/mol. The second-order valence-electron chi connectivity index (χ2n) is 4.47. The van der Waals surface area contributed by atoms with Crippen LogP contribution in [0.2, 0.25) is 0 Å². The van der Waals surface area contributed by atoms with Crippen LogP contribution >= 0.6 is 0 Å². The molecule has 3 aromatic rings. The fourth-order valence-corrected chi connectivity index (χ4v) is 2.32. The van der Waals surface area contributed by atoms with E-state index in [1.807, 2.05) is 30.6 Å². The molecule has 1 heterocycles. The first kappa shape index (κ1) is 11.7. The van der Waals surface area contributed by atoms with Gasteiger partial charge in [0.15, 0.2) is 5.49 Å². The van der Waals surface area contributed by atoms with Crippen LogP contribution in [0.15, 0.2) is 59.9 Å². The highest BCUT2D eigenvalue weighted by molar-refractivity contribution is 5.79. The molecule has 2 aromatic carbocycles. The van der Waals surface area contributed by atoms with E-state index >= 15 is 0 Å². The van der Waals surface area contributed by atoms with Crippen LogP contribution in [-0.2, 0) is 0 Å². The Labute approximate surface area is 111 Å². The van der Waals surface area contributed by atoms with Gasteiger partial charge in [0.2, 0.25) is 0 Å². The van der Waals surface area contributed by atoms with E-state index in [2.05, 4.69) is 45.7 Å². The Bertz CT molecular complexity index is 800. The topological polar surface area (TPSA) is 30.2 Å². The van der Waals surface area contributed by atoms with Crippen LogP contribution in [0, 0.1) is 6.92 Å². The molecule has 0 fully saturated rings. The zero-order valence-corrected chi connectivity index (χ0v) is 11.0. The maximum atomic E-state index is 4.44. The van der Waals surface area contributed by atoms with Crippen molar-refractivity contribution < 1.29 is 0 Å². The van der Waals surface area contributed by atoms with Gasteiger partial charge in [-0.25, -0.2) is 4.98 Å². The minimum Gasteiger partial charge on any atom is -0.300 e. The van der Waals surface area contributed by atoms with Crippen molar-refractivity contribution in [3.63, 3.8) is 0 Å². The Morgan fingerprint density at radius 3 is 2.53 bits per heavy atom. The molecule has 0 radical (unpaired) electrons. The van der Waals surface area contributed by atoms with Gasteiger partial charge in [0, 0.05) is 18.1 Å². The van der Waals surface area contributed by atoms with E-state index in [1.54, 1.807) is 7.05 Å². The number of hydrogen-bond acceptors (Lipinski definition) is 2. The largest absolute Gasteiger partial charge is 0.300 e. The first-order valence-corrected chi connectivity index (χ1v) is 6.26. The predicted octanol–water partition coefficient (Wildman–Crippen LogP) is 2.86. The quantitative estimate of drug-likeness (QED) is 0.652. The number of hydrogen-bond donors (Lipinski definition) is 0. The lowest BCUT2D eigenvalue weighted by molar-refractivity contribution is 0.983. The summed E-state index contributed by atoms with van der Waals surface area (Å²) in [6.45, 7) is 2.11. The molecule has 0 saturated heterocycles. The number of aryl methyl sites for hydroxylation is 1. The lowest BCUT2D eigenvalue weighted by atomic mass is 10.1.